The van der Waals surface area contributed by atoms with E-state index < -0.39 is 17.6 Å². The summed E-state index contributed by atoms with van der Waals surface area (Å²) in [4.78, 5) is 37.8. The van der Waals surface area contributed by atoms with Gasteiger partial charge in [0.2, 0.25) is 0 Å². The van der Waals surface area contributed by atoms with Crippen LogP contribution in [0.15, 0.2) is 73.3 Å². The third-order valence-electron chi connectivity index (χ3n) is 6.05. The second-order valence-electron chi connectivity index (χ2n) is 8.95. The third kappa shape index (κ3) is 5.09. The number of nitrogens with zero attached hydrogens (tertiary/aromatic N) is 3. The topological polar surface area (TPSA) is 146 Å². The number of aryl methyl sites for hydroxylation is 2. The Kier molecular flexibility index (Phi) is 6.97. The summed E-state index contributed by atoms with van der Waals surface area (Å²) in [6, 6.07) is 14.5. The lowest BCUT2D eigenvalue weighted by molar-refractivity contribution is -0.114. The van der Waals surface area contributed by atoms with Crippen LogP contribution in [-0.2, 0) is 4.79 Å². The summed E-state index contributed by atoms with van der Waals surface area (Å²) in [5, 5.41) is 3.11. The molecule has 0 aliphatic rings. The first-order valence-corrected chi connectivity index (χ1v) is 12.8. The fourth-order valence-electron chi connectivity index (χ4n) is 4.18. The van der Waals surface area contributed by atoms with Crippen molar-refractivity contribution in [2.24, 2.45) is 5.73 Å². The number of hydrogen-bond acceptors (Lipinski definition) is 8. The minimum atomic E-state index is -1.12. The number of pyridine rings is 1. The fourth-order valence-corrected chi connectivity index (χ4v) is 5.57. The number of halogens is 1. The van der Waals surface area contributed by atoms with Gasteiger partial charge in [0.15, 0.2) is 5.83 Å². The van der Waals surface area contributed by atoms with E-state index in [1.165, 1.54) is 17.5 Å². The van der Waals surface area contributed by atoms with Crippen molar-refractivity contribution in [3.05, 3.63) is 90.2 Å². The number of hydrogen-bond donors (Lipinski definition) is 3. The molecule has 0 aliphatic heterocycles. The number of anilines is 2. The molecule has 0 spiro atoms. The molecule has 0 fully saturated rings. The number of nitrogens with two attached hydrogens (primary N) is 2. The van der Waals surface area contributed by atoms with E-state index in [2.05, 4.69) is 26.8 Å². The summed E-state index contributed by atoms with van der Waals surface area (Å²) in [5.41, 5.74) is 16.2. The van der Waals surface area contributed by atoms with E-state index >= 15 is 0 Å². The number of primary amides is 1. The molecule has 0 radical (unpaired) electrons. The van der Waals surface area contributed by atoms with Crippen molar-refractivity contribution in [3.63, 3.8) is 0 Å². The smallest absolute Gasteiger partial charge is 0.322 e. The summed E-state index contributed by atoms with van der Waals surface area (Å²) < 4.78 is 20.0. The molecule has 11 heteroatoms. The molecule has 0 atom stereocenters. The maximum atomic E-state index is 13.6. The van der Waals surface area contributed by atoms with Gasteiger partial charge in [-0.2, -0.15) is 0 Å². The maximum Gasteiger partial charge on any atom is 0.322 e. The average molecular weight is 555 g/mol. The zero-order valence-corrected chi connectivity index (χ0v) is 22.3. The van der Waals surface area contributed by atoms with E-state index in [9.17, 15) is 14.0 Å². The summed E-state index contributed by atoms with van der Waals surface area (Å²) in [6.07, 6.45) is 2.95. The Hall–Kier alpha value is -5.16. The first-order valence-electron chi connectivity index (χ1n) is 12.0. The molecule has 3 heterocycles. The van der Waals surface area contributed by atoms with Crippen LogP contribution in [0.3, 0.4) is 0 Å². The molecule has 0 saturated carbocycles. The molecule has 5 rings (SSSR count). The van der Waals surface area contributed by atoms with E-state index in [1.54, 1.807) is 36.5 Å². The van der Waals surface area contributed by atoms with Gasteiger partial charge in [-0.15, -0.1) is 11.3 Å². The van der Waals surface area contributed by atoms with E-state index in [0.717, 1.165) is 16.8 Å². The van der Waals surface area contributed by atoms with Crippen molar-refractivity contribution in [1.82, 2.24) is 15.0 Å². The predicted molar refractivity (Wildman–Crippen MR) is 154 cm³/mol. The van der Waals surface area contributed by atoms with Gasteiger partial charge < -0.3 is 21.5 Å². The molecule has 2 aromatic carbocycles. The van der Waals surface area contributed by atoms with Crippen molar-refractivity contribution in [2.75, 3.05) is 11.1 Å². The highest BCUT2D eigenvalue weighted by atomic mass is 32.1. The fraction of sp³-hybridized carbons (Fsp3) is 0.0690. The molecule has 5 aromatic rings. The lowest BCUT2D eigenvalue weighted by Gasteiger charge is -2.13. The van der Waals surface area contributed by atoms with Crippen LogP contribution >= 0.6 is 11.3 Å². The highest BCUT2D eigenvalue weighted by molar-refractivity contribution is 7.23. The van der Waals surface area contributed by atoms with Crippen LogP contribution in [0.5, 0.6) is 11.8 Å². The molecule has 5 N–H and O–H groups in total. The zero-order chi connectivity index (χ0) is 28.6. The number of carbonyl (C=O) groups excluding carboxylic acids is 2. The van der Waals surface area contributed by atoms with Gasteiger partial charge in [0.05, 0.1) is 16.0 Å². The summed E-state index contributed by atoms with van der Waals surface area (Å²) in [7, 11) is 0. The Morgan fingerprint density at radius 3 is 2.50 bits per heavy atom. The van der Waals surface area contributed by atoms with Crippen molar-refractivity contribution in [1.29, 1.82) is 0 Å². The zero-order valence-electron chi connectivity index (χ0n) is 21.5. The Balaban J connectivity index is 1.71. The molecule has 0 aliphatic carbocycles. The van der Waals surface area contributed by atoms with E-state index in [0.29, 0.717) is 37.5 Å². The van der Waals surface area contributed by atoms with Crippen molar-refractivity contribution in [3.8, 4) is 33.3 Å². The molecular weight excluding hydrogens is 531 g/mol. The lowest BCUT2D eigenvalue weighted by Crippen LogP contribution is -2.12. The van der Waals surface area contributed by atoms with Gasteiger partial charge in [-0.1, -0.05) is 30.8 Å². The minimum absolute atomic E-state index is 0.195. The van der Waals surface area contributed by atoms with Crippen LogP contribution in [-0.4, -0.2) is 26.8 Å². The minimum Gasteiger partial charge on any atom is -0.424 e. The summed E-state index contributed by atoms with van der Waals surface area (Å²) in [5.74, 6) is -2.05. The molecule has 0 unspecified atom stereocenters. The Labute approximate surface area is 232 Å². The van der Waals surface area contributed by atoms with E-state index in [-0.39, 0.29) is 17.4 Å². The highest BCUT2D eigenvalue weighted by Crippen LogP contribution is 2.49. The van der Waals surface area contributed by atoms with Gasteiger partial charge in [0.1, 0.15) is 11.6 Å². The Bertz CT molecular complexity index is 1820. The largest absolute Gasteiger partial charge is 0.424 e. The van der Waals surface area contributed by atoms with Crippen LogP contribution in [0.2, 0.25) is 0 Å². The second kappa shape index (κ2) is 10.5. The van der Waals surface area contributed by atoms with Crippen LogP contribution < -0.4 is 21.5 Å². The summed E-state index contributed by atoms with van der Waals surface area (Å²) in [6.45, 7) is 6.77. The number of nitrogens with one attached hydrogen (secondary N) is 1. The van der Waals surface area contributed by atoms with E-state index in [1.807, 2.05) is 32.0 Å². The van der Waals surface area contributed by atoms with Crippen LogP contribution in [0.1, 0.15) is 21.6 Å². The van der Waals surface area contributed by atoms with Gasteiger partial charge in [-0.3, -0.25) is 9.59 Å². The monoisotopic (exact) mass is 554 g/mol. The number of thiophene rings is 1. The first-order chi connectivity index (χ1) is 19.1. The Morgan fingerprint density at radius 1 is 1.07 bits per heavy atom. The molecule has 2 amide bonds. The van der Waals surface area contributed by atoms with Gasteiger partial charge in [0, 0.05) is 39.5 Å². The standard InChI is InChI=1S/C29H23FN6O3S/c1-14-4-9-19(21(12-14)36-28(38)16(3)30)24-22(23-25(40-24)20(27(32)37)13-34-26(23)31)17-5-7-18(8-6-17)39-29-33-11-10-15(2)35-29/h4-13H,3H2,1-2H3,(H2,31,34)(H2,32,37)(H,36,38). The number of amides is 2. The van der Waals surface area contributed by atoms with Gasteiger partial charge in [-0.05, 0) is 49.2 Å². The second-order valence-corrected chi connectivity index (χ2v) is 9.97. The molecule has 0 bridgehead atoms. The van der Waals surface area contributed by atoms with Crippen molar-refractivity contribution >= 4 is 44.7 Å². The first kappa shape index (κ1) is 26.4. The lowest BCUT2D eigenvalue weighted by atomic mass is 9.97. The number of ether oxygens (including phenoxy) is 1. The normalized spacial score (nSPS) is 10.9. The number of benzene rings is 2. The van der Waals surface area contributed by atoms with Gasteiger partial charge >= 0.3 is 6.01 Å². The molecule has 200 valence electrons. The quantitative estimate of drug-likeness (QED) is 0.211. The molecular formula is C29H23FN6O3S. The molecule has 40 heavy (non-hydrogen) atoms. The average Bonchev–Trinajstić information content (AvgIpc) is 3.30. The number of aromatic nitrogens is 3. The molecule has 3 aromatic heterocycles. The number of fused-ring (bicyclic) bond motifs is 1. The Morgan fingerprint density at radius 2 is 1.82 bits per heavy atom. The summed E-state index contributed by atoms with van der Waals surface area (Å²) >= 11 is 1.27. The molecule has 0 saturated heterocycles. The molecule has 9 nitrogen and oxygen atoms in total. The van der Waals surface area contributed by atoms with Gasteiger partial charge in [0.25, 0.3) is 11.8 Å². The van der Waals surface area contributed by atoms with Crippen molar-refractivity contribution < 1.29 is 18.7 Å². The predicted octanol–water partition coefficient (Wildman–Crippen LogP) is 5.93. The highest BCUT2D eigenvalue weighted by Gasteiger charge is 2.24. The van der Waals surface area contributed by atoms with Crippen molar-refractivity contribution in [2.45, 2.75) is 13.8 Å². The third-order valence-corrected chi connectivity index (χ3v) is 7.30. The van der Waals surface area contributed by atoms with Crippen LogP contribution in [0.25, 0.3) is 31.7 Å². The number of nitrogen functional groups attached to an aromatic ring is 1. The van der Waals surface area contributed by atoms with E-state index in [4.69, 9.17) is 16.2 Å². The van der Waals surface area contributed by atoms with Gasteiger partial charge in [-0.25, -0.2) is 19.3 Å². The maximum absolute atomic E-state index is 13.6. The number of carbonyl (C=O) groups is 2. The van der Waals surface area contributed by atoms with Crippen LogP contribution in [0, 0.1) is 13.8 Å². The SMILES string of the molecule is C=C(F)C(=O)Nc1cc(C)ccc1-c1sc2c(C(N)=O)cnc(N)c2c1-c1ccc(Oc2nccc(C)n2)cc1. The van der Waals surface area contributed by atoms with Crippen LogP contribution in [0.4, 0.5) is 15.9 Å². The number of rotatable bonds is 7.